The highest BCUT2D eigenvalue weighted by molar-refractivity contribution is 6.70. The molecule has 0 spiro atoms. The number of ether oxygens (including phenoxy) is 4. The lowest BCUT2D eigenvalue weighted by Gasteiger charge is -2.24. The molecule has 28 nitrogen and oxygen atoms in total. The molecule has 6 heterocycles. The summed E-state index contributed by atoms with van der Waals surface area (Å²) in [4.78, 5) is 85.3. The molecule has 0 radical (unpaired) electrons. The zero-order valence-corrected chi connectivity index (χ0v) is 54.2. The van der Waals surface area contributed by atoms with Gasteiger partial charge in [0, 0.05) is 46.0 Å². The molecule has 0 bridgehead atoms. The predicted octanol–water partition coefficient (Wildman–Crippen LogP) is 7.44. The van der Waals surface area contributed by atoms with E-state index in [4.69, 9.17) is 34.2 Å². The van der Waals surface area contributed by atoms with Crippen LogP contribution in [0.4, 0.5) is 61.7 Å². The molecule has 5 aromatic carbocycles. The molecule has 0 aliphatic carbocycles. The molecular formula is C63H74F3N15O13Si. The van der Waals surface area contributed by atoms with Crippen LogP contribution in [0.2, 0.25) is 19.6 Å². The van der Waals surface area contributed by atoms with Gasteiger partial charge in [-0.05, 0) is 105 Å². The van der Waals surface area contributed by atoms with E-state index in [0.29, 0.717) is 41.5 Å². The fourth-order valence-electron chi connectivity index (χ4n) is 9.23. The number of nitrogen functional groups attached to an aromatic ring is 1. The largest absolute Gasteiger partial charge is 0.545 e. The molecule has 2 aromatic heterocycles. The Balaban J connectivity index is 0.000000176. The molecule has 95 heavy (non-hydrogen) atoms. The number of cyclic esters (lactones) is 3. The van der Waals surface area contributed by atoms with Gasteiger partial charge in [-0.25, -0.2) is 36.9 Å². The van der Waals surface area contributed by atoms with E-state index in [2.05, 4.69) is 68.1 Å². The minimum Gasteiger partial charge on any atom is -0.545 e. The van der Waals surface area contributed by atoms with Crippen molar-refractivity contribution in [2.45, 2.75) is 78.5 Å². The number of aliphatic hydroxyl groups excluding tert-OH is 1. The Labute approximate surface area is 545 Å². The molecule has 3 atom stereocenters. The normalized spacial score (nSPS) is 16.4. The number of nitrogens with two attached hydrogens (primary N) is 1. The highest BCUT2D eigenvalue weighted by atomic mass is 28.4. The minimum absolute atomic E-state index is 0.0123. The van der Waals surface area contributed by atoms with E-state index in [1.165, 1.54) is 70.5 Å². The predicted molar refractivity (Wildman–Crippen MR) is 349 cm³/mol. The van der Waals surface area contributed by atoms with E-state index >= 15 is 0 Å². The van der Waals surface area contributed by atoms with Crippen molar-refractivity contribution < 1.29 is 75.2 Å². The summed E-state index contributed by atoms with van der Waals surface area (Å²) in [6.07, 6.45) is 3.46. The first-order valence-electron chi connectivity index (χ1n) is 29.6. The number of aromatic nitrogens is 6. The minimum atomic E-state index is -1.48. The third kappa shape index (κ3) is 21.0. The lowest BCUT2D eigenvalue weighted by atomic mass is 10.1. The molecule has 0 unspecified atom stereocenters. The average molecular weight is 1330 g/mol. The van der Waals surface area contributed by atoms with Crippen molar-refractivity contribution in [1.82, 2.24) is 45.9 Å². The molecule has 3 fully saturated rings. The topological polar surface area (TPSA) is 334 Å². The Hall–Kier alpha value is -11.0. The monoisotopic (exact) mass is 1330 g/mol. The van der Waals surface area contributed by atoms with Crippen LogP contribution >= 0.6 is 0 Å². The van der Waals surface area contributed by atoms with Gasteiger partial charge in [0.05, 0.1) is 104 Å². The number of carbonyl (C=O) groups excluding carboxylic acids is 7. The SMILES string of the molecule is C=C(/C=C/OC)O[Si](C)(C)C.CC(=O)NC[C@H]1CN(c2ccc(N)c(F)c2)C(=O)O1.CC(=O)NC[C@H]1CN(c2ccc(N3C=CC(=O)CC3)c(F)c2)C(=O)O1.CC(=O)NC[C@H]1CN(c2ccc(NCn3nnc4ccccc43)c(F)c2)C(=O)O1.OCn1nnc2ccccc21. The summed E-state index contributed by atoms with van der Waals surface area (Å²) in [5.74, 6) is -1.52. The van der Waals surface area contributed by atoms with E-state index in [0.717, 1.165) is 22.1 Å². The van der Waals surface area contributed by atoms with Gasteiger partial charge in [0.2, 0.25) is 26.0 Å². The van der Waals surface area contributed by atoms with Crippen molar-refractivity contribution >= 4 is 106 Å². The third-order valence-corrected chi connectivity index (χ3v) is 14.6. The Morgan fingerprint density at radius 2 is 1.14 bits per heavy atom. The number of hydrogen-bond donors (Lipinski definition) is 6. The second kappa shape index (κ2) is 33.5. The zero-order chi connectivity index (χ0) is 68.9. The molecule has 6 amide bonds. The van der Waals surface area contributed by atoms with E-state index < -0.39 is 62.4 Å². The number of fused-ring (bicyclic) bond motifs is 2. The van der Waals surface area contributed by atoms with Crippen molar-refractivity contribution in [3.8, 4) is 0 Å². The van der Waals surface area contributed by atoms with Crippen LogP contribution in [0.5, 0.6) is 0 Å². The Kier molecular flexibility index (Phi) is 25.2. The fraction of sp³-hybridized carbons (Fsp3) is 0.317. The molecular weight excluding hydrogens is 1260 g/mol. The molecule has 7 aromatic rings. The number of para-hydroxylation sites is 2. The first kappa shape index (κ1) is 71.4. The van der Waals surface area contributed by atoms with Gasteiger partial charge in [-0.3, -0.25) is 33.9 Å². The van der Waals surface area contributed by atoms with Crippen LogP contribution in [0.15, 0.2) is 140 Å². The molecule has 4 aliphatic heterocycles. The van der Waals surface area contributed by atoms with Gasteiger partial charge in [0.1, 0.15) is 60.2 Å². The number of benzene rings is 5. The zero-order valence-electron chi connectivity index (χ0n) is 53.2. The number of halogens is 3. The summed E-state index contributed by atoms with van der Waals surface area (Å²) in [6.45, 7) is 16.1. The molecule has 11 rings (SSSR count). The molecule has 504 valence electrons. The van der Waals surface area contributed by atoms with Crippen LogP contribution in [0.3, 0.4) is 0 Å². The molecule has 4 aliphatic rings. The number of nitrogens with one attached hydrogen (secondary N) is 4. The van der Waals surface area contributed by atoms with Gasteiger partial charge in [0.25, 0.3) is 0 Å². The molecule has 7 N–H and O–H groups in total. The first-order valence-corrected chi connectivity index (χ1v) is 33.0. The number of rotatable bonds is 18. The maximum Gasteiger partial charge on any atom is 0.414 e. The van der Waals surface area contributed by atoms with Crippen LogP contribution < -0.4 is 46.6 Å². The number of anilines is 6. The van der Waals surface area contributed by atoms with Gasteiger partial charge < -0.3 is 60.4 Å². The van der Waals surface area contributed by atoms with Crippen molar-refractivity contribution in [2.75, 3.05) is 83.6 Å². The summed E-state index contributed by atoms with van der Waals surface area (Å²) in [6, 6.07) is 28.0. The Morgan fingerprint density at radius 3 is 1.58 bits per heavy atom. The molecule has 3 saturated heterocycles. The number of ketones is 1. The number of allylic oxidation sites excluding steroid dienone is 2. The second-order valence-corrected chi connectivity index (χ2v) is 26.7. The maximum absolute atomic E-state index is 14.6. The van der Waals surface area contributed by atoms with Crippen LogP contribution in [-0.2, 0) is 56.0 Å². The van der Waals surface area contributed by atoms with Gasteiger partial charge in [0.15, 0.2) is 5.78 Å². The summed E-state index contributed by atoms with van der Waals surface area (Å²) in [7, 11) is 0.119. The van der Waals surface area contributed by atoms with E-state index in [1.807, 2.05) is 48.5 Å². The van der Waals surface area contributed by atoms with Crippen LogP contribution in [0, 0.1) is 17.5 Å². The summed E-state index contributed by atoms with van der Waals surface area (Å²) < 4.78 is 71.1. The smallest absolute Gasteiger partial charge is 0.414 e. The van der Waals surface area contributed by atoms with Gasteiger partial charge in [-0.15, -0.1) is 10.2 Å². The fourth-order valence-corrected chi connectivity index (χ4v) is 10.1. The summed E-state index contributed by atoms with van der Waals surface area (Å²) >= 11 is 0. The Bertz CT molecular complexity index is 3960. The van der Waals surface area contributed by atoms with Crippen molar-refractivity contribution in [3.05, 3.63) is 158 Å². The average Bonchev–Trinajstić information content (AvgIpc) is 1.82. The van der Waals surface area contributed by atoms with E-state index in [-0.39, 0.29) is 87.5 Å². The van der Waals surface area contributed by atoms with E-state index in [1.54, 1.807) is 65.6 Å². The van der Waals surface area contributed by atoms with E-state index in [9.17, 15) is 46.7 Å². The summed E-state index contributed by atoms with van der Waals surface area (Å²) in [5.41, 5.74) is 10.4. The highest BCUT2D eigenvalue weighted by Gasteiger charge is 2.35. The number of amides is 6. The summed E-state index contributed by atoms with van der Waals surface area (Å²) in [5, 5.41) is 35.2. The number of nitrogens with zero attached hydrogens (tertiary/aromatic N) is 10. The van der Waals surface area contributed by atoms with Gasteiger partial charge in [-0.2, -0.15) is 0 Å². The van der Waals surface area contributed by atoms with Crippen molar-refractivity contribution in [2.24, 2.45) is 0 Å². The highest BCUT2D eigenvalue weighted by Crippen LogP contribution is 2.31. The standard InChI is InChI=1S/C19H19FN6O3.C17H18FN3O4.C12H14FN3O3.C8H16O2Si.C7H7N3O/c1-12(27)21-9-14-10-25(19(28)29-14)13-6-7-16(15(20)8-13)22-11-26-18-5-3-2-4-17(18)23-24-26;1-11(22)19-9-14-10-21(17(24)25-14)12-2-3-16(15(18)8-12)20-6-4-13(23)5-7-20;1-7(17)15-5-9-6-16(12(18)19-9)8-2-3-11(14)10(13)4-8;1-8(6-7-9-2)10-11(3,4)5;11-5-10-7-4-2-1-3-6(7)8-9-10/h2-8,14,22H,9-11H2,1H3,(H,21,27);2-4,6,8,14H,5,7,9-10H2,1H3,(H,19,22);2-4,9H,5-6,14H2,1H3,(H,15,17);6-7H,1H2,2-5H3;1-4,11H,5H2/b;;;7-6+;/t2*14-;9-;;/m000../s1. The van der Waals surface area contributed by atoms with Gasteiger partial charge >= 0.3 is 18.3 Å². The maximum atomic E-state index is 14.6. The second-order valence-electron chi connectivity index (χ2n) is 22.2. The first-order chi connectivity index (χ1) is 45.3. The van der Waals surface area contributed by atoms with Crippen LogP contribution in [0.1, 0.15) is 27.2 Å². The quantitative estimate of drug-likeness (QED) is 0.0160. The lowest BCUT2D eigenvalue weighted by molar-refractivity contribution is -0.120. The number of hydrogen-bond acceptors (Lipinski definition) is 20. The van der Waals surface area contributed by atoms with Crippen molar-refractivity contribution in [3.63, 3.8) is 0 Å². The molecule has 0 saturated carbocycles. The van der Waals surface area contributed by atoms with Crippen LogP contribution in [-0.4, -0.2) is 156 Å². The molecule has 32 heteroatoms. The third-order valence-electron chi connectivity index (χ3n) is 13.7. The Morgan fingerprint density at radius 1 is 0.674 bits per heavy atom. The van der Waals surface area contributed by atoms with Crippen LogP contribution in [0.25, 0.3) is 22.1 Å². The van der Waals surface area contributed by atoms with Gasteiger partial charge in [-0.1, -0.05) is 41.3 Å². The number of carbonyl (C=O) groups is 7. The number of methoxy groups -OCH3 is 1. The van der Waals surface area contributed by atoms with Crippen molar-refractivity contribution in [1.29, 1.82) is 0 Å². The lowest BCUT2D eigenvalue weighted by Crippen LogP contribution is -2.33. The number of aliphatic hydroxyl groups is 1.